The van der Waals surface area contributed by atoms with Crippen molar-refractivity contribution in [3.8, 4) is 0 Å². The Morgan fingerprint density at radius 3 is 2.42 bits per heavy atom. The normalized spacial score (nSPS) is 46.9. The predicted molar refractivity (Wildman–Crippen MR) is 133 cm³/mol. The Hall–Kier alpha value is -0.560. The third kappa shape index (κ3) is 3.34. The molecular weight excluding hydrogens is 376 g/mol. The van der Waals surface area contributed by atoms with Crippen LogP contribution in [0.3, 0.4) is 0 Å². The minimum absolute atomic E-state index is 0.0488. The van der Waals surface area contributed by atoms with Gasteiger partial charge < -0.3 is 5.11 Å². The summed E-state index contributed by atoms with van der Waals surface area (Å²) in [5, 5.41) is 10.8. The Labute approximate surface area is 193 Å². The second kappa shape index (κ2) is 7.75. The van der Waals surface area contributed by atoms with Crippen LogP contribution in [-0.2, 0) is 0 Å². The molecule has 3 fully saturated rings. The average molecular weight is 427 g/mol. The number of hydrogen-bond acceptors (Lipinski definition) is 1. The zero-order valence-electron chi connectivity index (χ0n) is 21.9. The van der Waals surface area contributed by atoms with Crippen LogP contribution in [0.2, 0.25) is 0 Å². The molecule has 4 aliphatic rings. The summed E-state index contributed by atoms with van der Waals surface area (Å²) in [6.07, 6.45) is 16.5. The molecule has 4 aliphatic carbocycles. The molecule has 0 heterocycles. The summed E-state index contributed by atoms with van der Waals surface area (Å²) >= 11 is 0. The standard InChI is InChI=1S/C30H50O/c1-20(2)10-9-11-21(3)22-14-18-29(7)23(22)12-13-25-28(6)17-16-26(31)27(4,5)24(28)15-19-30(25,29)8/h11-12,20,22,24-26,31H,9-10,13-19H2,1-8H3. The molecule has 0 bridgehead atoms. The predicted octanol–water partition coefficient (Wildman–Crippen LogP) is 8.34. The van der Waals surface area contributed by atoms with Crippen molar-refractivity contribution in [3.63, 3.8) is 0 Å². The SMILES string of the molecule is CC(=CCCC(C)C)C1CCC2(C)C1=CCC1C3(C)CCC(O)C(C)(C)C3CCC12C. The van der Waals surface area contributed by atoms with E-state index in [9.17, 15) is 5.11 Å². The highest BCUT2D eigenvalue weighted by atomic mass is 16.3. The zero-order chi connectivity index (χ0) is 22.8. The Balaban J connectivity index is 1.65. The molecule has 0 aliphatic heterocycles. The molecule has 1 N–H and O–H groups in total. The van der Waals surface area contributed by atoms with Gasteiger partial charge in [-0.25, -0.2) is 0 Å². The Kier molecular flexibility index (Phi) is 5.90. The molecule has 31 heavy (non-hydrogen) atoms. The van der Waals surface area contributed by atoms with Crippen LogP contribution in [-0.4, -0.2) is 11.2 Å². The van der Waals surface area contributed by atoms with Gasteiger partial charge in [0.1, 0.15) is 0 Å². The fourth-order valence-electron chi connectivity index (χ4n) is 9.34. The Bertz CT molecular complexity index is 756. The van der Waals surface area contributed by atoms with Crippen molar-refractivity contribution >= 4 is 0 Å². The minimum atomic E-state index is -0.130. The molecule has 176 valence electrons. The van der Waals surface area contributed by atoms with Gasteiger partial charge in [0.05, 0.1) is 6.10 Å². The maximum atomic E-state index is 10.8. The van der Waals surface area contributed by atoms with Crippen molar-refractivity contribution in [2.75, 3.05) is 0 Å². The van der Waals surface area contributed by atoms with Crippen LogP contribution < -0.4 is 0 Å². The van der Waals surface area contributed by atoms with Gasteiger partial charge in [0.2, 0.25) is 0 Å². The molecule has 0 saturated heterocycles. The van der Waals surface area contributed by atoms with Crippen molar-refractivity contribution in [1.29, 1.82) is 0 Å². The van der Waals surface area contributed by atoms with Crippen molar-refractivity contribution in [1.82, 2.24) is 0 Å². The summed E-state index contributed by atoms with van der Waals surface area (Å²) in [5.41, 5.74) is 4.59. The van der Waals surface area contributed by atoms with Crippen LogP contribution in [0.5, 0.6) is 0 Å². The van der Waals surface area contributed by atoms with Crippen LogP contribution in [0.25, 0.3) is 0 Å². The van der Waals surface area contributed by atoms with E-state index in [1.54, 1.807) is 11.1 Å². The van der Waals surface area contributed by atoms with Crippen molar-refractivity contribution in [2.24, 2.45) is 45.3 Å². The number of aliphatic hydroxyl groups excluding tert-OH is 1. The zero-order valence-corrected chi connectivity index (χ0v) is 21.9. The summed E-state index contributed by atoms with van der Waals surface area (Å²) < 4.78 is 0. The molecule has 0 aromatic rings. The van der Waals surface area contributed by atoms with Gasteiger partial charge in [0, 0.05) is 5.92 Å². The van der Waals surface area contributed by atoms with Gasteiger partial charge in [0.15, 0.2) is 0 Å². The Morgan fingerprint density at radius 2 is 1.74 bits per heavy atom. The number of aliphatic hydroxyl groups is 1. The van der Waals surface area contributed by atoms with Crippen LogP contribution >= 0.6 is 0 Å². The first-order valence-corrected chi connectivity index (χ1v) is 13.4. The highest BCUT2D eigenvalue weighted by molar-refractivity contribution is 5.36. The van der Waals surface area contributed by atoms with Gasteiger partial charge in [-0.2, -0.15) is 0 Å². The molecule has 0 amide bonds. The molecule has 7 unspecified atom stereocenters. The van der Waals surface area contributed by atoms with E-state index in [1.807, 2.05) is 0 Å². The summed E-state index contributed by atoms with van der Waals surface area (Å²) in [7, 11) is 0. The monoisotopic (exact) mass is 426 g/mol. The van der Waals surface area contributed by atoms with Gasteiger partial charge in [-0.15, -0.1) is 0 Å². The third-order valence-electron chi connectivity index (χ3n) is 11.6. The van der Waals surface area contributed by atoms with Crippen molar-refractivity contribution in [3.05, 3.63) is 23.3 Å². The number of hydrogen-bond donors (Lipinski definition) is 1. The summed E-state index contributed by atoms with van der Waals surface area (Å²) in [6.45, 7) is 19.7. The molecule has 0 spiro atoms. The molecular formula is C30H50O. The van der Waals surface area contributed by atoms with Crippen LogP contribution in [0.4, 0.5) is 0 Å². The smallest absolute Gasteiger partial charge is 0.0594 e. The van der Waals surface area contributed by atoms with E-state index in [4.69, 9.17) is 0 Å². The van der Waals surface area contributed by atoms with E-state index in [-0.39, 0.29) is 11.5 Å². The van der Waals surface area contributed by atoms with Crippen LogP contribution in [0.1, 0.15) is 113 Å². The lowest BCUT2D eigenvalue weighted by molar-refractivity contribution is -0.192. The quantitative estimate of drug-likeness (QED) is 0.448. The molecule has 1 nitrogen and oxygen atoms in total. The van der Waals surface area contributed by atoms with E-state index in [2.05, 4.69) is 67.5 Å². The van der Waals surface area contributed by atoms with E-state index in [0.29, 0.717) is 28.1 Å². The summed E-state index contributed by atoms with van der Waals surface area (Å²) in [6, 6.07) is 0. The molecule has 1 heteroatoms. The first-order valence-electron chi connectivity index (χ1n) is 13.4. The van der Waals surface area contributed by atoms with Crippen molar-refractivity contribution in [2.45, 2.75) is 119 Å². The Morgan fingerprint density at radius 1 is 1.03 bits per heavy atom. The van der Waals surface area contributed by atoms with Gasteiger partial charge in [-0.1, -0.05) is 71.8 Å². The second-order valence-corrected chi connectivity index (χ2v) is 13.7. The maximum absolute atomic E-state index is 10.8. The van der Waals surface area contributed by atoms with Gasteiger partial charge in [0.25, 0.3) is 0 Å². The summed E-state index contributed by atoms with van der Waals surface area (Å²) in [5.74, 6) is 2.88. The highest BCUT2D eigenvalue weighted by Gasteiger charge is 2.66. The van der Waals surface area contributed by atoms with Gasteiger partial charge >= 0.3 is 0 Å². The van der Waals surface area contributed by atoms with Crippen LogP contribution in [0.15, 0.2) is 23.3 Å². The maximum Gasteiger partial charge on any atom is 0.0594 e. The minimum Gasteiger partial charge on any atom is -0.393 e. The molecule has 0 radical (unpaired) electrons. The number of rotatable bonds is 4. The lowest BCUT2D eigenvalue weighted by Gasteiger charge is -2.68. The average Bonchev–Trinajstić information content (AvgIpc) is 3.03. The van der Waals surface area contributed by atoms with E-state index < -0.39 is 0 Å². The number of allylic oxidation sites excluding steroid dienone is 4. The fraction of sp³-hybridized carbons (Fsp3) is 0.867. The molecule has 0 aromatic heterocycles. The summed E-state index contributed by atoms with van der Waals surface area (Å²) in [4.78, 5) is 0. The largest absolute Gasteiger partial charge is 0.393 e. The van der Waals surface area contributed by atoms with Gasteiger partial charge in [-0.05, 0) is 104 Å². The second-order valence-electron chi connectivity index (χ2n) is 13.7. The number of fused-ring (bicyclic) bond motifs is 5. The fourth-order valence-corrected chi connectivity index (χ4v) is 9.34. The lowest BCUT2D eigenvalue weighted by atomic mass is 9.37. The van der Waals surface area contributed by atoms with Gasteiger partial charge in [-0.3, -0.25) is 0 Å². The molecule has 7 atom stereocenters. The van der Waals surface area contributed by atoms with E-state index in [0.717, 1.165) is 18.3 Å². The molecule has 4 rings (SSSR count). The lowest BCUT2D eigenvalue weighted by Crippen LogP contribution is -2.62. The van der Waals surface area contributed by atoms with Crippen molar-refractivity contribution < 1.29 is 5.11 Å². The van der Waals surface area contributed by atoms with Crippen LogP contribution in [0, 0.1) is 45.3 Å². The van der Waals surface area contributed by atoms with E-state index >= 15 is 0 Å². The molecule has 3 saturated carbocycles. The first-order chi connectivity index (χ1) is 14.4. The third-order valence-corrected chi connectivity index (χ3v) is 11.6. The topological polar surface area (TPSA) is 20.2 Å². The molecule has 0 aromatic carbocycles. The first kappa shape index (κ1) is 23.6. The van der Waals surface area contributed by atoms with E-state index in [1.165, 1.54) is 51.4 Å². The highest BCUT2D eigenvalue weighted by Crippen LogP contribution is 2.74.